The Morgan fingerprint density at radius 2 is 1.95 bits per heavy atom. The van der Waals surface area contributed by atoms with Crippen LogP contribution in [0.2, 0.25) is 5.02 Å². The third kappa shape index (κ3) is 2.78. The normalized spacial score (nSPS) is 10.9. The SMILES string of the molecule is CCOc1ccc(Cc2nc3ccc(Cl)cc3[nH]2)cc1. The molecule has 0 aliphatic carbocycles. The van der Waals surface area contributed by atoms with Gasteiger partial charge in [0.25, 0.3) is 0 Å². The van der Waals surface area contributed by atoms with Crippen molar-refractivity contribution in [2.45, 2.75) is 13.3 Å². The summed E-state index contributed by atoms with van der Waals surface area (Å²) in [5.41, 5.74) is 3.10. The minimum atomic E-state index is 0.684. The van der Waals surface area contributed by atoms with Crippen molar-refractivity contribution in [2.75, 3.05) is 6.61 Å². The summed E-state index contributed by atoms with van der Waals surface area (Å²) < 4.78 is 5.43. The zero-order valence-corrected chi connectivity index (χ0v) is 11.9. The first-order valence-electron chi connectivity index (χ1n) is 6.60. The number of halogens is 1. The highest BCUT2D eigenvalue weighted by atomic mass is 35.5. The number of hydrogen-bond acceptors (Lipinski definition) is 2. The molecule has 0 aliphatic rings. The summed E-state index contributed by atoms with van der Waals surface area (Å²) in [6.07, 6.45) is 0.763. The second-order valence-electron chi connectivity index (χ2n) is 4.60. The molecule has 3 nitrogen and oxygen atoms in total. The third-order valence-corrected chi connectivity index (χ3v) is 3.33. The van der Waals surface area contributed by atoms with Gasteiger partial charge in [-0.05, 0) is 42.8 Å². The van der Waals surface area contributed by atoms with Gasteiger partial charge in [-0.1, -0.05) is 23.7 Å². The Morgan fingerprint density at radius 1 is 1.15 bits per heavy atom. The van der Waals surface area contributed by atoms with Crippen LogP contribution in [0.15, 0.2) is 42.5 Å². The molecule has 3 aromatic rings. The van der Waals surface area contributed by atoms with E-state index < -0.39 is 0 Å². The Kier molecular flexibility index (Phi) is 3.61. The smallest absolute Gasteiger partial charge is 0.119 e. The van der Waals surface area contributed by atoms with Crippen LogP contribution in [0, 0.1) is 0 Å². The van der Waals surface area contributed by atoms with Crippen molar-refractivity contribution in [3.05, 3.63) is 58.9 Å². The molecule has 0 fully saturated rings. The molecule has 20 heavy (non-hydrogen) atoms. The summed E-state index contributed by atoms with van der Waals surface area (Å²) in [5, 5.41) is 0.716. The van der Waals surface area contributed by atoms with Crippen LogP contribution >= 0.6 is 11.6 Å². The molecule has 3 rings (SSSR count). The molecule has 2 aromatic carbocycles. The summed E-state index contributed by atoms with van der Waals surface area (Å²) >= 11 is 5.97. The predicted octanol–water partition coefficient (Wildman–Crippen LogP) is 4.21. The molecule has 0 saturated carbocycles. The number of benzene rings is 2. The van der Waals surface area contributed by atoms with E-state index in [2.05, 4.69) is 22.1 Å². The summed E-state index contributed by atoms with van der Waals surface area (Å²) in [5.74, 6) is 1.83. The third-order valence-electron chi connectivity index (χ3n) is 3.10. The summed E-state index contributed by atoms with van der Waals surface area (Å²) in [4.78, 5) is 7.86. The van der Waals surface area contributed by atoms with Crippen molar-refractivity contribution in [2.24, 2.45) is 0 Å². The lowest BCUT2D eigenvalue weighted by Crippen LogP contribution is -1.93. The Morgan fingerprint density at radius 3 is 2.70 bits per heavy atom. The van der Waals surface area contributed by atoms with Gasteiger partial charge in [-0.15, -0.1) is 0 Å². The summed E-state index contributed by atoms with van der Waals surface area (Å²) in [6.45, 7) is 2.66. The molecule has 1 heterocycles. The van der Waals surface area contributed by atoms with Crippen molar-refractivity contribution in [3.63, 3.8) is 0 Å². The Balaban J connectivity index is 1.81. The molecule has 4 heteroatoms. The number of fused-ring (bicyclic) bond motifs is 1. The van der Waals surface area contributed by atoms with Crippen molar-refractivity contribution < 1.29 is 4.74 Å². The van der Waals surface area contributed by atoms with Crippen LogP contribution in [0.25, 0.3) is 11.0 Å². The van der Waals surface area contributed by atoms with Crippen LogP contribution in [0.4, 0.5) is 0 Å². The maximum absolute atomic E-state index is 5.97. The zero-order valence-electron chi connectivity index (χ0n) is 11.2. The van der Waals surface area contributed by atoms with Crippen molar-refractivity contribution in [1.82, 2.24) is 9.97 Å². The first kappa shape index (κ1) is 13.0. The van der Waals surface area contributed by atoms with Gasteiger partial charge >= 0.3 is 0 Å². The molecule has 0 aliphatic heterocycles. The first-order chi connectivity index (χ1) is 9.74. The van der Waals surface area contributed by atoms with Gasteiger partial charge in [0.1, 0.15) is 11.6 Å². The number of rotatable bonds is 4. The van der Waals surface area contributed by atoms with Gasteiger partial charge in [-0.3, -0.25) is 0 Å². The number of H-pyrrole nitrogens is 1. The minimum Gasteiger partial charge on any atom is -0.494 e. The van der Waals surface area contributed by atoms with E-state index >= 15 is 0 Å². The predicted molar refractivity (Wildman–Crippen MR) is 81.5 cm³/mol. The molecule has 0 bridgehead atoms. The molecular weight excluding hydrogens is 272 g/mol. The van der Waals surface area contributed by atoms with Crippen LogP contribution in [-0.2, 0) is 6.42 Å². The lowest BCUT2D eigenvalue weighted by atomic mass is 10.1. The molecule has 0 unspecified atom stereocenters. The quantitative estimate of drug-likeness (QED) is 0.780. The number of imidazole rings is 1. The van der Waals surface area contributed by atoms with Gasteiger partial charge in [0, 0.05) is 11.4 Å². The average Bonchev–Trinajstić information content (AvgIpc) is 2.82. The highest BCUT2D eigenvalue weighted by Gasteiger charge is 2.04. The molecule has 0 amide bonds. The summed E-state index contributed by atoms with van der Waals surface area (Å²) in [7, 11) is 0. The molecule has 0 spiro atoms. The fourth-order valence-electron chi connectivity index (χ4n) is 2.18. The van der Waals surface area contributed by atoms with Crippen LogP contribution < -0.4 is 4.74 Å². The Hall–Kier alpha value is -2.00. The number of aromatic amines is 1. The van der Waals surface area contributed by atoms with E-state index in [0.717, 1.165) is 29.0 Å². The highest BCUT2D eigenvalue weighted by Crippen LogP contribution is 2.19. The lowest BCUT2D eigenvalue weighted by Gasteiger charge is -2.03. The lowest BCUT2D eigenvalue weighted by molar-refractivity contribution is 0.340. The van der Waals surface area contributed by atoms with Crippen molar-refractivity contribution in [1.29, 1.82) is 0 Å². The van der Waals surface area contributed by atoms with Gasteiger partial charge in [-0.25, -0.2) is 4.98 Å². The number of nitrogens with one attached hydrogen (secondary N) is 1. The topological polar surface area (TPSA) is 37.9 Å². The number of nitrogens with zero attached hydrogens (tertiary/aromatic N) is 1. The van der Waals surface area contributed by atoms with Crippen molar-refractivity contribution in [3.8, 4) is 5.75 Å². The molecular formula is C16H15ClN2O. The van der Waals surface area contributed by atoms with Gasteiger partial charge in [0.05, 0.1) is 17.6 Å². The molecule has 1 aromatic heterocycles. The first-order valence-corrected chi connectivity index (χ1v) is 6.98. The highest BCUT2D eigenvalue weighted by molar-refractivity contribution is 6.31. The van der Waals surface area contributed by atoms with E-state index in [9.17, 15) is 0 Å². The summed E-state index contributed by atoms with van der Waals surface area (Å²) in [6, 6.07) is 13.8. The maximum atomic E-state index is 5.97. The molecule has 0 radical (unpaired) electrons. The standard InChI is InChI=1S/C16H15ClN2O/c1-2-20-13-6-3-11(4-7-13)9-16-18-14-8-5-12(17)10-15(14)19-16/h3-8,10H,2,9H2,1H3,(H,18,19). The number of aromatic nitrogens is 2. The largest absolute Gasteiger partial charge is 0.494 e. The van der Waals surface area contributed by atoms with E-state index in [1.165, 1.54) is 5.56 Å². The molecule has 0 atom stereocenters. The monoisotopic (exact) mass is 286 g/mol. The Bertz CT molecular complexity index is 719. The second-order valence-corrected chi connectivity index (χ2v) is 5.04. The number of hydrogen-bond donors (Lipinski definition) is 1. The van der Waals surface area contributed by atoms with E-state index in [-0.39, 0.29) is 0 Å². The van der Waals surface area contributed by atoms with Gasteiger partial charge in [0.2, 0.25) is 0 Å². The minimum absolute atomic E-state index is 0.684. The Labute approximate surface area is 122 Å². The second kappa shape index (κ2) is 5.55. The van der Waals surface area contributed by atoms with Gasteiger partial charge < -0.3 is 9.72 Å². The average molecular weight is 287 g/mol. The van der Waals surface area contributed by atoms with Crippen LogP contribution in [0.5, 0.6) is 5.75 Å². The van der Waals surface area contributed by atoms with Gasteiger partial charge in [-0.2, -0.15) is 0 Å². The fraction of sp³-hybridized carbons (Fsp3) is 0.188. The van der Waals surface area contributed by atoms with E-state index in [4.69, 9.17) is 16.3 Å². The van der Waals surface area contributed by atoms with E-state index in [1.807, 2.05) is 37.3 Å². The fourth-order valence-corrected chi connectivity index (χ4v) is 2.35. The number of ether oxygens (including phenoxy) is 1. The van der Waals surface area contributed by atoms with E-state index in [0.29, 0.717) is 11.6 Å². The van der Waals surface area contributed by atoms with Crippen molar-refractivity contribution >= 4 is 22.6 Å². The van der Waals surface area contributed by atoms with Gasteiger partial charge in [0.15, 0.2) is 0 Å². The van der Waals surface area contributed by atoms with Crippen LogP contribution in [0.3, 0.4) is 0 Å². The molecule has 0 saturated heterocycles. The molecule has 1 N–H and O–H groups in total. The van der Waals surface area contributed by atoms with Crippen LogP contribution in [0.1, 0.15) is 18.3 Å². The molecule has 102 valence electrons. The van der Waals surface area contributed by atoms with Crippen LogP contribution in [-0.4, -0.2) is 16.6 Å². The maximum Gasteiger partial charge on any atom is 0.119 e. The zero-order chi connectivity index (χ0) is 13.9. The van der Waals surface area contributed by atoms with E-state index in [1.54, 1.807) is 0 Å².